The molecule has 2 atom stereocenters. The van der Waals surface area contributed by atoms with Crippen molar-refractivity contribution in [3.05, 3.63) is 29.8 Å². The van der Waals surface area contributed by atoms with Crippen LogP contribution >= 0.6 is 0 Å². The van der Waals surface area contributed by atoms with E-state index in [1.807, 2.05) is 13.8 Å². The van der Waals surface area contributed by atoms with Gasteiger partial charge in [-0.05, 0) is 30.0 Å². The highest BCUT2D eigenvalue weighted by Gasteiger charge is 2.26. The highest BCUT2D eigenvalue weighted by Crippen LogP contribution is 2.22. The Morgan fingerprint density at radius 2 is 1.86 bits per heavy atom. The van der Waals surface area contributed by atoms with Gasteiger partial charge in [0.25, 0.3) is 0 Å². The van der Waals surface area contributed by atoms with Crippen molar-refractivity contribution in [3.63, 3.8) is 0 Å². The smallest absolute Gasteiger partial charge is 0.325 e. The third-order valence-corrected chi connectivity index (χ3v) is 3.48. The molecule has 3 N–H and O–H groups in total. The number of hydrogen-bond acceptors (Lipinski definition) is 2. The van der Waals surface area contributed by atoms with Crippen LogP contribution in [0, 0.1) is 5.92 Å². The van der Waals surface area contributed by atoms with Crippen molar-refractivity contribution in [2.75, 3.05) is 5.32 Å². The van der Waals surface area contributed by atoms with E-state index in [0.29, 0.717) is 11.3 Å². The Morgan fingerprint density at radius 3 is 2.33 bits per heavy atom. The van der Waals surface area contributed by atoms with E-state index < -0.39 is 18.6 Å². The Bertz CT molecular complexity index is 457. The summed E-state index contributed by atoms with van der Waals surface area (Å²) in [6.07, 6.45) is -4.28. The topological polar surface area (TPSA) is 55.1 Å². The fourth-order valence-electron chi connectivity index (χ4n) is 1.78. The predicted octanol–water partition coefficient (Wildman–Crippen LogP) is 3.49. The van der Waals surface area contributed by atoms with Crippen molar-refractivity contribution in [1.29, 1.82) is 0 Å². The van der Waals surface area contributed by atoms with Crippen molar-refractivity contribution in [2.24, 2.45) is 11.7 Å². The van der Waals surface area contributed by atoms with Crippen LogP contribution in [0.15, 0.2) is 24.3 Å². The van der Waals surface area contributed by atoms with Crippen LogP contribution in [0.4, 0.5) is 18.9 Å². The van der Waals surface area contributed by atoms with Gasteiger partial charge < -0.3 is 11.1 Å². The number of nitrogens with two attached hydrogens (primary N) is 1. The monoisotopic (exact) mass is 302 g/mol. The van der Waals surface area contributed by atoms with Crippen molar-refractivity contribution in [3.8, 4) is 0 Å². The lowest BCUT2D eigenvalue weighted by Gasteiger charge is -2.17. The highest BCUT2D eigenvalue weighted by molar-refractivity contribution is 5.94. The first-order valence-corrected chi connectivity index (χ1v) is 6.95. The summed E-state index contributed by atoms with van der Waals surface area (Å²) in [5.74, 6) is -0.219. The standard InChI is InChI=1S/C15H21F3N2O/c1-3-10(2)13(19)14(21)20-12-6-4-11(5-7-12)8-9-15(16,17)18/h4-7,10,13H,3,8-9,19H2,1-2H3,(H,20,21). The molecule has 21 heavy (non-hydrogen) atoms. The van der Waals surface area contributed by atoms with Crippen LogP contribution in [0.1, 0.15) is 32.3 Å². The van der Waals surface area contributed by atoms with Gasteiger partial charge in [-0.2, -0.15) is 13.2 Å². The van der Waals surface area contributed by atoms with E-state index in [1.54, 1.807) is 24.3 Å². The molecule has 0 saturated carbocycles. The van der Waals surface area contributed by atoms with Crippen molar-refractivity contribution >= 4 is 11.6 Å². The van der Waals surface area contributed by atoms with Gasteiger partial charge in [-0.15, -0.1) is 0 Å². The molecule has 0 bridgehead atoms. The van der Waals surface area contributed by atoms with Crippen LogP contribution < -0.4 is 11.1 Å². The summed E-state index contributed by atoms with van der Waals surface area (Å²) in [7, 11) is 0. The normalized spacial score (nSPS) is 14.6. The third-order valence-electron chi connectivity index (χ3n) is 3.48. The average Bonchev–Trinajstić information content (AvgIpc) is 2.44. The largest absolute Gasteiger partial charge is 0.389 e. The second-order valence-corrected chi connectivity index (χ2v) is 5.21. The summed E-state index contributed by atoms with van der Waals surface area (Å²) < 4.78 is 36.4. The minimum absolute atomic E-state index is 0.0654. The molecule has 6 heteroatoms. The minimum Gasteiger partial charge on any atom is -0.325 e. The zero-order valence-electron chi connectivity index (χ0n) is 12.2. The molecule has 0 aromatic heterocycles. The molecule has 1 aromatic carbocycles. The van der Waals surface area contributed by atoms with Gasteiger partial charge in [0.15, 0.2) is 0 Å². The molecule has 2 unspecified atom stereocenters. The molecule has 0 spiro atoms. The van der Waals surface area contributed by atoms with Crippen LogP contribution in [-0.2, 0) is 11.2 Å². The number of halogens is 3. The van der Waals surface area contributed by atoms with E-state index in [0.717, 1.165) is 6.42 Å². The van der Waals surface area contributed by atoms with Gasteiger partial charge in [-0.25, -0.2) is 0 Å². The lowest BCUT2D eigenvalue weighted by molar-refractivity contribution is -0.134. The Kier molecular flexibility index (Phi) is 6.20. The van der Waals surface area contributed by atoms with E-state index in [-0.39, 0.29) is 18.2 Å². The second kappa shape index (κ2) is 7.45. The number of carbonyl (C=O) groups is 1. The molecule has 0 heterocycles. The summed E-state index contributed by atoms with van der Waals surface area (Å²) in [6.45, 7) is 3.84. The summed E-state index contributed by atoms with van der Waals surface area (Å²) in [4.78, 5) is 11.9. The quantitative estimate of drug-likeness (QED) is 0.845. The van der Waals surface area contributed by atoms with Crippen LogP contribution in [0.3, 0.4) is 0 Å². The molecule has 0 aliphatic rings. The number of amides is 1. The molecule has 0 aliphatic heterocycles. The van der Waals surface area contributed by atoms with Gasteiger partial charge in [0, 0.05) is 12.1 Å². The minimum atomic E-state index is -4.16. The average molecular weight is 302 g/mol. The second-order valence-electron chi connectivity index (χ2n) is 5.21. The van der Waals surface area contributed by atoms with Crippen molar-refractivity contribution in [2.45, 2.75) is 45.3 Å². The number of carbonyl (C=O) groups excluding carboxylic acids is 1. The Labute approximate surface area is 122 Å². The number of hydrogen-bond donors (Lipinski definition) is 2. The lowest BCUT2D eigenvalue weighted by Crippen LogP contribution is -2.40. The Morgan fingerprint density at radius 1 is 1.29 bits per heavy atom. The summed E-state index contributed by atoms with van der Waals surface area (Å²) in [6, 6.07) is 5.74. The van der Waals surface area contributed by atoms with Crippen LogP contribution in [0.25, 0.3) is 0 Å². The summed E-state index contributed by atoms with van der Waals surface area (Å²) in [5.41, 5.74) is 6.92. The molecule has 1 amide bonds. The zero-order chi connectivity index (χ0) is 16.0. The van der Waals surface area contributed by atoms with Gasteiger partial charge in [0.1, 0.15) is 0 Å². The van der Waals surface area contributed by atoms with Gasteiger partial charge in [-0.3, -0.25) is 4.79 Å². The first kappa shape index (κ1) is 17.5. The van der Waals surface area contributed by atoms with Gasteiger partial charge in [-0.1, -0.05) is 32.4 Å². The number of nitrogens with one attached hydrogen (secondary N) is 1. The maximum atomic E-state index is 12.1. The molecule has 0 radical (unpaired) electrons. The van der Waals surface area contributed by atoms with Crippen LogP contribution in [0.2, 0.25) is 0 Å². The van der Waals surface area contributed by atoms with E-state index >= 15 is 0 Å². The van der Waals surface area contributed by atoms with Gasteiger partial charge >= 0.3 is 6.18 Å². The predicted molar refractivity (Wildman–Crippen MR) is 76.9 cm³/mol. The van der Waals surface area contributed by atoms with Crippen molar-refractivity contribution in [1.82, 2.24) is 0 Å². The number of rotatable bonds is 6. The number of benzene rings is 1. The zero-order valence-corrected chi connectivity index (χ0v) is 12.2. The highest BCUT2D eigenvalue weighted by atomic mass is 19.4. The molecule has 0 aliphatic carbocycles. The number of aryl methyl sites for hydroxylation is 1. The molecule has 1 aromatic rings. The van der Waals surface area contributed by atoms with E-state index in [9.17, 15) is 18.0 Å². The first-order valence-electron chi connectivity index (χ1n) is 6.95. The number of alkyl halides is 3. The molecular formula is C15H21F3N2O. The SMILES string of the molecule is CCC(C)C(N)C(=O)Nc1ccc(CCC(F)(F)F)cc1. The Hall–Kier alpha value is -1.56. The fraction of sp³-hybridized carbons (Fsp3) is 0.533. The molecule has 1 rings (SSSR count). The van der Waals surface area contributed by atoms with E-state index in [2.05, 4.69) is 5.32 Å². The Balaban J connectivity index is 2.56. The number of anilines is 1. The van der Waals surface area contributed by atoms with Gasteiger partial charge in [0.05, 0.1) is 6.04 Å². The first-order chi connectivity index (χ1) is 9.73. The molecule has 0 saturated heterocycles. The van der Waals surface area contributed by atoms with E-state index in [4.69, 9.17) is 5.73 Å². The molecule has 3 nitrogen and oxygen atoms in total. The summed E-state index contributed by atoms with van der Waals surface area (Å²) in [5, 5.41) is 2.67. The fourth-order valence-corrected chi connectivity index (χ4v) is 1.78. The van der Waals surface area contributed by atoms with Crippen molar-refractivity contribution < 1.29 is 18.0 Å². The van der Waals surface area contributed by atoms with Crippen LogP contribution in [-0.4, -0.2) is 18.1 Å². The van der Waals surface area contributed by atoms with E-state index in [1.165, 1.54) is 0 Å². The lowest BCUT2D eigenvalue weighted by atomic mass is 9.99. The molecule has 0 fully saturated rings. The van der Waals surface area contributed by atoms with Gasteiger partial charge in [0.2, 0.25) is 5.91 Å². The summed E-state index contributed by atoms with van der Waals surface area (Å²) >= 11 is 0. The molecular weight excluding hydrogens is 281 g/mol. The molecule has 118 valence electrons. The maximum absolute atomic E-state index is 12.1. The van der Waals surface area contributed by atoms with Crippen LogP contribution in [0.5, 0.6) is 0 Å². The third kappa shape index (κ3) is 6.16. The maximum Gasteiger partial charge on any atom is 0.389 e.